The third kappa shape index (κ3) is 2.94. The van der Waals surface area contributed by atoms with Crippen molar-refractivity contribution < 1.29 is 9.84 Å². The van der Waals surface area contributed by atoms with E-state index in [1.807, 2.05) is 43.3 Å². The van der Waals surface area contributed by atoms with Crippen LogP contribution in [0.25, 0.3) is 0 Å². The highest BCUT2D eigenvalue weighted by molar-refractivity contribution is 9.10. The second-order valence-corrected chi connectivity index (χ2v) is 5.56. The summed E-state index contributed by atoms with van der Waals surface area (Å²) in [5.74, 6) is 0.633. The second-order valence-electron chi connectivity index (χ2n) is 4.27. The van der Waals surface area contributed by atoms with Crippen LogP contribution in [0.3, 0.4) is 0 Å². The van der Waals surface area contributed by atoms with Gasteiger partial charge in [-0.15, -0.1) is 0 Å². The molecular weight excluding hydrogens is 328 g/mol. The summed E-state index contributed by atoms with van der Waals surface area (Å²) in [5.41, 5.74) is 2.30. The molecule has 0 radical (unpaired) electrons. The summed E-state index contributed by atoms with van der Waals surface area (Å²) >= 11 is 9.66. The minimum absolute atomic E-state index is 0.581. The van der Waals surface area contributed by atoms with Crippen molar-refractivity contribution in [1.82, 2.24) is 0 Å². The lowest BCUT2D eigenvalue weighted by molar-refractivity contribution is 0.214. The molecule has 0 saturated heterocycles. The topological polar surface area (TPSA) is 29.5 Å². The molecule has 0 aliphatic rings. The van der Waals surface area contributed by atoms with Crippen molar-refractivity contribution >= 4 is 27.5 Å². The zero-order valence-electron chi connectivity index (χ0n) is 10.7. The maximum Gasteiger partial charge on any atom is 0.125 e. The SMILES string of the molecule is COc1ccc(Br)cc1C(O)c1cccc(C)c1Cl. The van der Waals surface area contributed by atoms with Gasteiger partial charge in [0.2, 0.25) is 0 Å². The fourth-order valence-corrected chi connectivity index (χ4v) is 2.58. The predicted octanol–water partition coefficient (Wildman–Crippen LogP) is 4.50. The molecule has 0 amide bonds. The first kappa shape index (κ1) is 14.4. The third-order valence-corrected chi connectivity index (χ3v) is 4.01. The molecule has 0 saturated carbocycles. The first-order valence-corrected chi connectivity index (χ1v) is 6.98. The Morgan fingerprint density at radius 3 is 2.63 bits per heavy atom. The van der Waals surface area contributed by atoms with E-state index in [4.69, 9.17) is 16.3 Å². The van der Waals surface area contributed by atoms with Crippen LogP contribution in [0.2, 0.25) is 5.02 Å². The van der Waals surface area contributed by atoms with Gasteiger partial charge >= 0.3 is 0 Å². The minimum Gasteiger partial charge on any atom is -0.496 e. The van der Waals surface area contributed by atoms with Crippen molar-refractivity contribution in [2.45, 2.75) is 13.0 Å². The number of hydrogen-bond donors (Lipinski definition) is 1. The van der Waals surface area contributed by atoms with Gasteiger partial charge in [-0.2, -0.15) is 0 Å². The van der Waals surface area contributed by atoms with Gasteiger partial charge in [0.15, 0.2) is 0 Å². The lowest BCUT2D eigenvalue weighted by atomic mass is 9.99. The molecule has 0 aliphatic heterocycles. The summed E-state index contributed by atoms with van der Waals surface area (Å²) in [6.07, 6.45) is -0.820. The Morgan fingerprint density at radius 2 is 1.95 bits per heavy atom. The smallest absolute Gasteiger partial charge is 0.125 e. The summed E-state index contributed by atoms with van der Waals surface area (Å²) in [6.45, 7) is 1.91. The molecule has 1 N–H and O–H groups in total. The largest absolute Gasteiger partial charge is 0.496 e. The maximum atomic E-state index is 10.5. The highest BCUT2D eigenvalue weighted by Gasteiger charge is 2.19. The van der Waals surface area contributed by atoms with E-state index in [2.05, 4.69) is 15.9 Å². The molecule has 2 nitrogen and oxygen atoms in total. The fourth-order valence-electron chi connectivity index (χ4n) is 1.97. The van der Waals surface area contributed by atoms with Crippen LogP contribution in [-0.4, -0.2) is 12.2 Å². The molecule has 0 bridgehead atoms. The number of aliphatic hydroxyl groups is 1. The van der Waals surface area contributed by atoms with Crippen molar-refractivity contribution in [3.63, 3.8) is 0 Å². The second kappa shape index (κ2) is 5.95. The van der Waals surface area contributed by atoms with Gasteiger partial charge in [-0.05, 0) is 30.7 Å². The Bertz CT molecular complexity index is 599. The normalized spacial score (nSPS) is 12.3. The van der Waals surface area contributed by atoms with E-state index in [0.29, 0.717) is 21.9 Å². The molecule has 4 heteroatoms. The molecule has 0 aromatic heterocycles. The van der Waals surface area contributed by atoms with Crippen LogP contribution in [0.4, 0.5) is 0 Å². The van der Waals surface area contributed by atoms with Gasteiger partial charge in [0.1, 0.15) is 11.9 Å². The number of rotatable bonds is 3. The molecule has 1 unspecified atom stereocenters. The van der Waals surface area contributed by atoms with Crippen molar-refractivity contribution in [1.29, 1.82) is 0 Å². The Balaban J connectivity index is 2.52. The average molecular weight is 342 g/mol. The molecule has 1 atom stereocenters. The number of benzene rings is 2. The summed E-state index contributed by atoms with van der Waals surface area (Å²) in [6, 6.07) is 11.1. The summed E-state index contributed by atoms with van der Waals surface area (Å²) < 4.78 is 6.17. The Hall–Kier alpha value is -1.03. The minimum atomic E-state index is -0.820. The molecule has 0 heterocycles. The van der Waals surface area contributed by atoms with Gasteiger partial charge in [0.25, 0.3) is 0 Å². The zero-order valence-corrected chi connectivity index (χ0v) is 13.0. The molecule has 2 rings (SSSR count). The molecular formula is C15H14BrClO2. The van der Waals surface area contributed by atoms with E-state index in [9.17, 15) is 5.11 Å². The highest BCUT2D eigenvalue weighted by atomic mass is 79.9. The Morgan fingerprint density at radius 1 is 1.21 bits per heavy atom. The van der Waals surface area contributed by atoms with Gasteiger partial charge in [0, 0.05) is 20.6 Å². The lowest BCUT2D eigenvalue weighted by Crippen LogP contribution is -2.04. The molecule has 100 valence electrons. The Labute approximate surface area is 126 Å². The van der Waals surface area contributed by atoms with Crippen molar-refractivity contribution in [2.24, 2.45) is 0 Å². The number of aliphatic hydroxyl groups excluding tert-OH is 1. The van der Waals surface area contributed by atoms with Gasteiger partial charge in [-0.25, -0.2) is 0 Å². The van der Waals surface area contributed by atoms with E-state index >= 15 is 0 Å². The van der Waals surface area contributed by atoms with Crippen LogP contribution in [-0.2, 0) is 0 Å². The molecule has 0 aliphatic carbocycles. The molecule has 2 aromatic carbocycles. The van der Waals surface area contributed by atoms with E-state index in [0.717, 1.165) is 10.0 Å². The van der Waals surface area contributed by atoms with Crippen LogP contribution in [0.15, 0.2) is 40.9 Å². The third-order valence-electron chi connectivity index (χ3n) is 3.00. The van der Waals surface area contributed by atoms with E-state index in [-0.39, 0.29) is 0 Å². The van der Waals surface area contributed by atoms with Crippen molar-refractivity contribution in [3.8, 4) is 5.75 Å². The average Bonchev–Trinajstić information content (AvgIpc) is 2.41. The molecule has 0 fully saturated rings. The van der Waals surface area contributed by atoms with E-state index < -0.39 is 6.10 Å². The van der Waals surface area contributed by atoms with Crippen LogP contribution < -0.4 is 4.74 Å². The number of aryl methyl sites for hydroxylation is 1. The first-order valence-electron chi connectivity index (χ1n) is 5.81. The van der Waals surface area contributed by atoms with Crippen LogP contribution in [0.1, 0.15) is 22.8 Å². The summed E-state index contributed by atoms with van der Waals surface area (Å²) in [4.78, 5) is 0. The van der Waals surface area contributed by atoms with Gasteiger partial charge < -0.3 is 9.84 Å². The van der Waals surface area contributed by atoms with Gasteiger partial charge in [-0.1, -0.05) is 45.7 Å². The first-order chi connectivity index (χ1) is 9.04. The predicted molar refractivity (Wildman–Crippen MR) is 80.9 cm³/mol. The zero-order chi connectivity index (χ0) is 14.0. The highest BCUT2D eigenvalue weighted by Crippen LogP contribution is 2.36. The van der Waals surface area contributed by atoms with Gasteiger partial charge in [0.05, 0.1) is 7.11 Å². The number of methoxy groups -OCH3 is 1. The van der Waals surface area contributed by atoms with Crippen molar-refractivity contribution in [3.05, 3.63) is 62.6 Å². The molecule has 2 aromatic rings. The van der Waals surface area contributed by atoms with Crippen LogP contribution in [0, 0.1) is 6.92 Å². The van der Waals surface area contributed by atoms with E-state index in [1.54, 1.807) is 7.11 Å². The number of hydrogen-bond acceptors (Lipinski definition) is 2. The monoisotopic (exact) mass is 340 g/mol. The standard InChI is InChI=1S/C15H14BrClO2/c1-9-4-3-5-11(14(9)17)15(18)12-8-10(16)6-7-13(12)19-2/h3-8,15,18H,1-2H3. The van der Waals surface area contributed by atoms with Gasteiger partial charge in [-0.3, -0.25) is 0 Å². The van der Waals surface area contributed by atoms with E-state index in [1.165, 1.54) is 0 Å². The Kier molecular flexibility index (Phi) is 4.50. The number of ether oxygens (including phenoxy) is 1. The maximum absolute atomic E-state index is 10.5. The summed E-state index contributed by atoms with van der Waals surface area (Å²) in [7, 11) is 1.58. The summed E-state index contributed by atoms with van der Waals surface area (Å²) in [5, 5.41) is 11.1. The van der Waals surface area contributed by atoms with Crippen LogP contribution in [0.5, 0.6) is 5.75 Å². The van der Waals surface area contributed by atoms with Crippen LogP contribution >= 0.6 is 27.5 Å². The number of halogens is 2. The quantitative estimate of drug-likeness (QED) is 0.890. The molecule has 0 spiro atoms. The lowest BCUT2D eigenvalue weighted by Gasteiger charge is -2.17. The molecule has 19 heavy (non-hydrogen) atoms. The van der Waals surface area contributed by atoms with Crippen molar-refractivity contribution in [2.75, 3.05) is 7.11 Å². The fraction of sp³-hybridized carbons (Fsp3) is 0.200.